The molecule has 0 aliphatic carbocycles. The largest absolute Gasteiger partial charge is 0.633 e. The van der Waals surface area contributed by atoms with Gasteiger partial charge in [-0.05, 0) is 0 Å². The van der Waals surface area contributed by atoms with Crippen molar-refractivity contribution >= 4 is 11.8 Å². The van der Waals surface area contributed by atoms with Crippen LogP contribution < -0.4 is 5.06 Å². The van der Waals surface area contributed by atoms with Gasteiger partial charge in [0.15, 0.2) is 0 Å². The number of thioether (sulfide) groups is 1. The first-order valence-corrected chi connectivity index (χ1v) is 3.71. The second-order valence-electron chi connectivity index (χ2n) is 1.86. The molecule has 1 rings (SSSR count). The van der Waals surface area contributed by atoms with Crippen LogP contribution in [0.25, 0.3) is 0 Å². The van der Waals surface area contributed by atoms with Gasteiger partial charge < -0.3 is 15.4 Å². The molecule has 0 amide bonds. The predicted molar refractivity (Wildman–Crippen MR) is 32.5 cm³/mol. The molecule has 1 aliphatic heterocycles. The Hall–Kier alpha value is 0.230. The SMILES string of the molecule is [O-][NH+]1CSCC1CO. The smallest absolute Gasteiger partial charge is 0.124 e. The number of hydrogen-bond acceptors (Lipinski definition) is 3. The zero-order valence-electron chi connectivity index (χ0n) is 4.46. The molecule has 8 heavy (non-hydrogen) atoms. The molecule has 0 aromatic rings. The van der Waals surface area contributed by atoms with E-state index in [9.17, 15) is 5.21 Å². The van der Waals surface area contributed by atoms with Crippen molar-refractivity contribution in [2.45, 2.75) is 6.04 Å². The number of aliphatic hydroxyl groups is 1. The molecule has 0 radical (unpaired) electrons. The van der Waals surface area contributed by atoms with Crippen LogP contribution in [0.15, 0.2) is 0 Å². The summed E-state index contributed by atoms with van der Waals surface area (Å²) in [5.41, 5.74) is 0. The van der Waals surface area contributed by atoms with E-state index in [1.807, 2.05) is 0 Å². The van der Waals surface area contributed by atoms with Gasteiger partial charge in [0.05, 0.1) is 12.4 Å². The van der Waals surface area contributed by atoms with Crippen molar-refractivity contribution in [1.82, 2.24) is 0 Å². The Morgan fingerprint density at radius 2 is 2.62 bits per heavy atom. The molecular weight excluding hydrogens is 126 g/mol. The van der Waals surface area contributed by atoms with Crippen LogP contribution in [0, 0.1) is 5.21 Å². The number of quaternary nitrogens is 1. The van der Waals surface area contributed by atoms with Gasteiger partial charge >= 0.3 is 0 Å². The fraction of sp³-hybridized carbons (Fsp3) is 1.00. The zero-order chi connectivity index (χ0) is 5.98. The molecule has 48 valence electrons. The van der Waals surface area contributed by atoms with Crippen LogP contribution in [-0.2, 0) is 0 Å². The average molecular weight is 135 g/mol. The number of rotatable bonds is 1. The minimum Gasteiger partial charge on any atom is -0.633 e. The van der Waals surface area contributed by atoms with Crippen molar-refractivity contribution in [3.05, 3.63) is 5.21 Å². The maximum atomic E-state index is 10.6. The lowest BCUT2D eigenvalue weighted by Gasteiger charge is -2.20. The maximum absolute atomic E-state index is 10.6. The zero-order valence-corrected chi connectivity index (χ0v) is 5.28. The molecular formula is C4H9NO2S. The molecule has 0 saturated carbocycles. The lowest BCUT2D eigenvalue weighted by molar-refractivity contribution is -0.854. The van der Waals surface area contributed by atoms with Crippen molar-refractivity contribution in [2.75, 3.05) is 18.2 Å². The fourth-order valence-electron chi connectivity index (χ4n) is 0.667. The molecule has 0 bridgehead atoms. The van der Waals surface area contributed by atoms with Gasteiger partial charge in [0.2, 0.25) is 0 Å². The van der Waals surface area contributed by atoms with Gasteiger partial charge in [-0.2, -0.15) is 0 Å². The van der Waals surface area contributed by atoms with Crippen molar-refractivity contribution in [2.24, 2.45) is 0 Å². The molecule has 2 atom stereocenters. The standard InChI is InChI=1S/C4H9NO2S/c6-1-4-2-8-3-5(4)7/h4-6H,1-3H2. The molecule has 0 aromatic carbocycles. The van der Waals surface area contributed by atoms with E-state index in [2.05, 4.69) is 0 Å². The van der Waals surface area contributed by atoms with Gasteiger partial charge in [-0.25, -0.2) is 0 Å². The van der Waals surface area contributed by atoms with Crippen molar-refractivity contribution in [3.8, 4) is 0 Å². The predicted octanol–water partition coefficient (Wildman–Crippen LogP) is -1.57. The Balaban J connectivity index is 2.30. The normalized spacial score (nSPS) is 38.2. The van der Waals surface area contributed by atoms with Crippen LogP contribution in [0.2, 0.25) is 0 Å². The Morgan fingerprint density at radius 3 is 2.88 bits per heavy atom. The molecule has 1 aliphatic rings. The van der Waals surface area contributed by atoms with E-state index in [0.717, 1.165) is 5.75 Å². The summed E-state index contributed by atoms with van der Waals surface area (Å²) < 4.78 is 0. The van der Waals surface area contributed by atoms with Crippen molar-refractivity contribution < 1.29 is 10.2 Å². The summed E-state index contributed by atoms with van der Waals surface area (Å²) in [7, 11) is 0. The van der Waals surface area contributed by atoms with E-state index in [-0.39, 0.29) is 17.7 Å². The van der Waals surface area contributed by atoms with E-state index in [1.165, 1.54) is 0 Å². The Bertz CT molecular complexity index is 80.4. The molecule has 2 unspecified atom stereocenters. The second kappa shape index (κ2) is 2.68. The summed E-state index contributed by atoms with van der Waals surface area (Å²) in [5.74, 6) is 1.42. The average Bonchev–Trinajstić information content (AvgIpc) is 2.14. The van der Waals surface area contributed by atoms with Crippen molar-refractivity contribution in [1.29, 1.82) is 0 Å². The second-order valence-corrected chi connectivity index (χ2v) is 2.89. The lowest BCUT2D eigenvalue weighted by Crippen LogP contribution is -3.09. The third-order valence-electron chi connectivity index (χ3n) is 1.24. The van der Waals surface area contributed by atoms with Crippen LogP contribution in [0.5, 0.6) is 0 Å². The van der Waals surface area contributed by atoms with E-state index in [1.54, 1.807) is 11.8 Å². The fourth-order valence-corrected chi connectivity index (χ4v) is 1.80. The third-order valence-corrected chi connectivity index (χ3v) is 2.37. The Morgan fingerprint density at radius 1 is 1.88 bits per heavy atom. The first kappa shape index (κ1) is 6.35. The molecule has 4 heteroatoms. The van der Waals surface area contributed by atoms with Crippen LogP contribution in [0.1, 0.15) is 0 Å². The van der Waals surface area contributed by atoms with Gasteiger partial charge in [0, 0.05) is 0 Å². The summed E-state index contributed by atoms with van der Waals surface area (Å²) in [6, 6.07) is -0.0556. The molecule has 0 aromatic heterocycles. The van der Waals surface area contributed by atoms with Crippen molar-refractivity contribution in [3.63, 3.8) is 0 Å². The Kier molecular flexibility index (Phi) is 2.13. The van der Waals surface area contributed by atoms with Crippen LogP contribution >= 0.6 is 11.8 Å². The molecule has 1 fully saturated rings. The molecule has 2 N–H and O–H groups in total. The van der Waals surface area contributed by atoms with Crippen LogP contribution in [0.4, 0.5) is 0 Å². The molecule has 1 saturated heterocycles. The van der Waals surface area contributed by atoms with E-state index in [4.69, 9.17) is 5.11 Å². The minimum atomic E-state index is -0.0556. The minimum absolute atomic E-state index is 0.0336. The van der Waals surface area contributed by atoms with Crippen LogP contribution in [0.3, 0.4) is 0 Å². The van der Waals surface area contributed by atoms with Crippen LogP contribution in [-0.4, -0.2) is 29.4 Å². The topological polar surface area (TPSA) is 47.7 Å². The van der Waals surface area contributed by atoms with E-state index < -0.39 is 0 Å². The molecule has 1 heterocycles. The van der Waals surface area contributed by atoms with Gasteiger partial charge in [-0.15, -0.1) is 0 Å². The number of hydrogen-bond donors (Lipinski definition) is 2. The van der Waals surface area contributed by atoms with E-state index >= 15 is 0 Å². The number of hydroxylamine groups is 2. The summed E-state index contributed by atoms with van der Waals surface area (Å²) in [6.07, 6.45) is 0. The summed E-state index contributed by atoms with van der Waals surface area (Å²) >= 11 is 1.61. The Labute approximate surface area is 52.3 Å². The van der Waals surface area contributed by atoms with Gasteiger partial charge in [-0.1, -0.05) is 11.8 Å². The monoisotopic (exact) mass is 135 g/mol. The maximum Gasteiger partial charge on any atom is 0.124 e. The van der Waals surface area contributed by atoms with Gasteiger partial charge in [0.1, 0.15) is 11.9 Å². The lowest BCUT2D eigenvalue weighted by atomic mass is 10.4. The highest BCUT2D eigenvalue weighted by molar-refractivity contribution is 7.99. The highest BCUT2D eigenvalue weighted by Crippen LogP contribution is 2.02. The quantitative estimate of drug-likeness (QED) is 0.427. The number of nitrogens with one attached hydrogen (secondary N) is 1. The number of aliphatic hydroxyl groups excluding tert-OH is 1. The first-order chi connectivity index (χ1) is 3.84. The van der Waals surface area contributed by atoms with Gasteiger partial charge in [-0.3, -0.25) is 0 Å². The summed E-state index contributed by atoms with van der Waals surface area (Å²) in [6.45, 7) is 0.0336. The highest BCUT2D eigenvalue weighted by atomic mass is 32.2. The molecule has 3 nitrogen and oxygen atoms in total. The molecule has 0 spiro atoms. The van der Waals surface area contributed by atoms with E-state index in [0.29, 0.717) is 5.88 Å². The van der Waals surface area contributed by atoms with Gasteiger partial charge in [0.25, 0.3) is 0 Å². The first-order valence-electron chi connectivity index (χ1n) is 2.56. The highest BCUT2D eigenvalue weighted by Gasteiger charge is 2.21. The third kappa shape index (κ3) is 1.14. The summed E-state index contributed by atoms with van der Waals surface area (Å²) in [4.78, 5) is 0. The summed E-state index contributed by atoms with van der Waals surface area (Å²) in [5, 5.41) is 19.3.